The van der Waals surface area contributed by atoms with Crippen LogP contribution in [0.25, 0.3) is 0 Å². The molecule has 2 heterocycles. The maximum Gasteiger partial charge on any atom is 0.228 e. The van der Waals surface area contributed by atoms with Gasteiger partial charge < -0.3 is 13.9 Å². The van der Waals surface area contributed by atoms with Crippen LogP contribution in [-0.4, -0.2) is 44.2 Å². The highest BCUT2D eigenvalue weighted by molar-refractivity contribution is 8.21. The Kier molecular flexibility index (Phi) is 5.57. The van der Waals surface area contributed by atoms with Crippen LogP contribution < -0.4 is 0 Å². The molecule has 0 saturated carbocycles. The van der Waals surface area contributed by atoms with Crippen LogP contribution in [-0.2, 0) is 9.47 Å². The number of Topliss-reactive ketones (excluding diaryl/α,β-unsaturated/α-hetero) is 1. The summed E-state index contributed by atoms with van der Waals surface area (Å²) in [7, 11) is 0. The molecular formula is C13H16O4S2. The molecule has 1 aliphatic heterocycles. The van der Waals surface area contributed by atoms with Crippen LogP contribution >= 0.6 is 23.5 Å². The third kappa shape index (κ3) is 3.45. The Morgan fingerprint density at radius 1 is 1.32 bits per heavy atom. The SMILES string of the molecule is CSC(SC)=C(C(=O)c1ccco1)C1COCCO1. The average Bonchev–Trinajstić information content (AvgIpc) is 2.99. The largest absolute Gasteiger partial charge is 0.461 e. The molecule has 1 fully saturated rings. The number of hydrogen-bond acceptors (Lipinski definition) is 6. The van der Waals surface area contributed by atoms with Crippen LogP contribution in [0.15, 0.2) is 32.6 Å². The van der Waals surface area contributed by atoms with E-state index in [1.807, 2.05) is 12.5 Å². The third-order valence-corrected chi connectivity index (χ3v) is 4.90. The van der Waals surface area contributed by atoms with Gasteiger partial charge in [0.15, 0.2) is 5.76 Å². The van der Waals surface area contributed by atoms with E-state index in [0.717, 1.165) is 4.24 Å². The van der Waals surface area contributed by atoms with Gasteiger partial charge >= 0.3 is 0 Å². The normalized spacial score (nSPS) is 19.2. The lowest BCUT2D eigenvalue weighted by atomic mass is 10.1. The molecule has 0 radical (unpaired) electrons. The first-order valence-electron chi connectivity index (χ1n) is 5.87. The van der Waals surface area contributed by atoms with Gasteiger partial charge in [0.25, 0.3) is 0 Å². The predicted molar refractivity (Wildman–Crippen MR) is 77.7 cm³/mol. The zero-order valence-electron chi connectivity index (χ0n) is 10.9. The van der Waals surface area contributed by atoms with Crippen molar-refractivity contribution < 1.29 is 18.7 Å². The predicted octanol–water partition coefficient (Wildman–Crippen LogP) is 2.82. The van der Waals surface area contributed by atoms with E-state index in [4.69, 9.17) is 13.9 Å². The zero-order valence-corrected chi connectivity index (χ0v) is 12.5. The standard InChI is InChI=1S/C13H16O4S2/c1-18-13(19-2)11(10-8-15-6-7-17-10)12(14)9-4-3-5-16-9/h3-5,10H,6-8H2,1-2H3. The Morgan fingerprint density at radius 2 is 2.11 bits per heavy atom. The topological polar surface area (TPSA) is 48.7 Å². The Labute approximate surface area is 120 Å². The molecule has 6 heteroatoms. The van der Waals surface area contributed by atoms with Crippen molar-refractivity contribution in [2.24, 2.45) is 0 Å². The summed E-state index contributed by atoms with van der Waals surface area (Å²) in [6.45, 7) is 1.49. The van der Waals surface area contributed by atoms with Gasteiger partial charge in [-0.25, -0.2) is 0 Å². The minimum atomic E-state index is -0.318. The van der Waals surface area contributed by atoms with Gasteiger partial charge in [-0.2, -0.15) is 0 Å². The smallest absolute Gasteiger partial charge is 0.228 e. The Bertz CT molecular complexity index is 441. The molecule has 1 unspecified atom stereocenters. The van der Waals surface area contributed by atoms with E-state index < -0.39 is 0 Å². The molecule has 104 valence electrons. The summed E-state index contributed by atoms with van der Waals surface area (Å²) < 4.78 is 17.2. The Balaban J connectivity index is 2.33. The first kappa shape index (κ1) is 14.7. The van der Waals surface area contributed by atoms with Crippen LogP contribution in [0.3, 0.4) is 0 Å². The van der Waals surface area contributed by atoms with Crippen molar-refractivity contribution in [3.63, 3.8) is 0 Å². The summed E-state index contributed by atoms with van der Waals surface area (Å²) in [5.41, 5.74) is 0.634. The van der Waals surface area contributed by atoms with Crippen molar-refractivity contribution in [2.75, 3.05) is 32.3 Å². The minimum Gasteiger partial charge on any atom is -0.461 e. The Morgan fingerprint density at radius 3 is 2.63 bits per heavy atom. The summed E-state index contributed by atoms with van der Waals surface area (Å²) in [4.78, 5) is 12.6. The summed E-state index contributed by atoms with van der Waals surface area (Å²) in [5, 5.41) is 0. The highest BCUT2D eigenvalue weighted by Gasteiger charge is 2.29. The van der Waals surface area contributed by atoms with Crippen LogP contribution in [0.4, 0.5) is 0 Å². The van der Waals surface area contributed by atoms with Crippen molar-refractivity contribution >= 4 is 29.3 Å². The van der Waals surface area contributed by atoms with E-state index in [2.05, 4.69) is 0 Å². The van der Waals surface area contributed by atoms with Crippen LogP contribution in [0, 0.1) is 0 Å². The molecule has 1 atom stereocenters. The van der Waals surface area contributed by atoms with Crippen molar-refractivity contribution in [1.29, 1.82) is 0 Å². The number of rotatable bonds is 5. The van der Waals surface area contributed by atoms with Gasteiger partial charge in [0.1, 0.15) is 6.10 Å². The van der Waals surface area contributed by atoms with E-state index in [0.29, 0.717) is 31.2 Å². The molecule has 19 heavy (non-hydrogen) atoms. The van der Waals surface area contributed by atoms with E-state index in [1.54, 1.807) is 35.7 Å². The Hall–Kier alpha value is -0.690. The molecule has 0 amide bonds. The molecular weight excluding hydrogens is 284 g/mol. The fourth-order valence-electron chi connectivity index (χ4n) is 1.87. The number of ether oxygens (including phenoxy) is 2. The third-order valence-electron chi connectivity index (χ3n) is 2.72. The lowest BCUT2D eigenvalue weighted by Gasteiger charge is -2.25. The zero-order chi connectivity index (χ0) is 13.7. The van der Waals surface area contributed by atoms with Crippen molar-refractivity contribution in [3.8, 4) is 0 Å². The lowest BCUT2D eigenvalue weighted by molar-refractivity contribution is -0.0713. The number of furan rings is 1. The quantitative estimate of drug-likeness (QED) is 0.615. The molecule has 0 N–H and O–H groups in total. The number of hydrogen-bond donors (Lipinski definition) is 0. The number of ketones is 1. The van der Waals surface area contributed by atoms with Gasteiger partial charge in [0.2, 0.25) is 5.78 Å². The maximum absolute atomic E-state index is 12.6. The summed E-state index contributed by atoms with van der Waals surface area (Å²) in [5.74, 6) is 0.212. The number of carbonyl (C=O) groups excluding carboxylic acids is 1. The second-order valence-corrected chi connectivity index (χ2v) is 5.74. The molecule has 1 saturated heterocycles. The van der Waals surface area contributed by atoms with Gasteiger partial charge in [-0.05, 0) is 24.6 Å². The number of carbonyl (C=O) groups is 1. The van der Waals surface area contributed by atoms with E-state index in [-0.39, 0.29) is 11.9 Å². The molecule has 4 nitrogen and oxygen atoms in total. The van der Waals surface area contributed by atoms with Crippen LogP contribution in [0.5, 0.6) is 0 Å². The van der Waals surface area contributed by atoms with E-state index in [9.17, 15) is 4.79 Å². The molecule has 2 rings (SSSR count). The van der Waals surface area contributed by atoms with Crippen molar-refractivity contribution in [3.05, 3.63) is 34.0 Å². The minimum absolute atomic E-state index is 0.126. The second-order valence-electron chi connectivity index (χ2n) is 3.85. The molecule has 0 aliphatic carbocycles. The first-order valence-corrected chi connectivity index (χ1v) is 8.32. The van der Waals surface area contributed by atoms with Crippen LogP contribution in [0.2, 0.25) is 0 Å². The summed E-state index contributed by atoms with van der Waals surface area (Å²) in [6.07, 6.45) is 5.08. The van der Waals surface area contributed by atoms with E-state index >= 15 is 0 Å². The van der Waals surface area contributed by atoms with Gasteiger partial charge in [-0.15, -0.1) is 23.5 Å². The van der Waals surface area contributed by atoms with Gasteiger partial charge in [0, 0.05) is 4.24 Å². The van der Waals surface area contributed by atoms with Gasteiger partial charge in [-0.3, -0.25) is 4.79 Å². The molecule has 1 aromatic heterocycles. The van der Waals surface area contributed by atoms with Crippen LogP contribution in [0.1, 0.15) is 10.6 Å². The fourth-order valence-corrected chi connectivity index (χ4v) is 3.42. The fraction of sp³-hybridized carbons (Fsp3) is 0.462. The molecule has 0 bridgehead atoms. The van der Waals surface area contributed by atoms with Gasteiger partial charge in [0.05, 0.1) is 31.7 Å². The molecule has 1 aliphatic rings. The molecule has 1 aromatic rings. The van der Waals surface area contributed by atoms with Gasteiger partial charge in [-0.1, -0.05) is 0 Å². The van der Waals surface area contributed by atoms with Crippen molar-refractivity contribution in [1.82, 2.24) is 0 Å². The molecule has 0 spiro atoms. The summed E-state index contributed by atoms with van der Waals surface area (Å²) in [6, 6.07) is 3.38. The van der Waals surface area contributed by atoms with E-state index in [1.165, 1.54) is 6.26 Å². The first-order chi connectivity index (χ1) is 9.27. The van der Waals surface area contributed by atoms with Crippen molar-refractivity contribution in [2.45, 2.75) is 6.10 Å². The number of thioether (sulfide) groups is 2. The highest BCUT2D eigenvalue weighted by Crippen LogP contribution is 2.32. The molecule has 0 aromatic carbocycles. The lowest BCUT2D eigenvalue weighted by Crippen LogP contribution is -2.33. The average molecular weight is 300 g/mol. The monoisotopic (exact) mass is 300 g/mol. The summed E-state index contributed by atoms with van der Waals surface area (Å²) >= 11 is 3.08. The second kappa shape index (κ2) is 7.19. The highest BCUT2D eigenvalue weighted by atomic mass is 32.2. The maximum atomic E-state index is 12.6.